The summed E-state index contributed by atoms with van der Waals surface area (Å²) >= 11 is 0. The third kappa shape index (κ3) is 7.27. The smallest absolute Gasteiger partial charge is 0.0652 e. The highest BCUT2D eigenvalue weighted by Gasteiger charge is 2.47. The molecule has 1 spiro atoms. The van der Waals surface area contributed by atoms with Crippen LogP contribution in [-0.2, 0) is 24.7 Å². The molecule has 5 aromatic rings. The monoisotopic (exact) mass is 767 g/mol. The molecule has 9 rings (SSSR count). The quantitative estimate of drug-likeness (QED) is 0.153. The Kier molecular flexibility index (Phi) is 10.5. The zero-order valence-electron chi connectivity index (χ0n) is 34.8. The predicted molar refractivity (Wildman–Crippen MR) is 252 cm³/mol. The largest absolute Gasteiger partial charge is 0.340 e. The first kappa shape index (κ1) is 38.0. The van der Waals surface area contributed by atoms with Gasteiger partial charge >= 0.3 is 0 Å². The van der Waals surface area contributed by atoms with E-state index in [9.17, 15) is 0 Å². The molecule has 0 amide bonds. The Morgan fingerprint density at radius 1 is 0.593 bits per heavy atom. The summed E-state index contributed by atoms with van der Waals surface area (Å²) in [5.41, 5.74) is 19.6. The van der Waals surface area contributed by atoms with Gasteiger partial charge in [-0.05, 0) is 134 Å². The van der Waals surface area contributed by atoms with Crippen LogP contribution in [0.25, 0.3) is 17.2 Å². The van der Waals surface area contributed by atoms with Crippen LogP contribution < -0.4 is 14.7 Å². The Morgan fingerprint density at radius 2 is 1.19 bits per heavy atom. The summed E-state index contributed by atoms with van der Waals surface area (Å²) in [6.07, 6.45) is 31.8. The average Bonchev–Trinajstić information content (AvgIpc) is 3.79. The van der Waals surface area contributed by atoms with Crippen molar-refractivity contribution >= 4 is 28.8 Å². The maximum absolute atomic E-state index is 2.49. The number of benzene rings is 5. The lowest BCUT2D eigenvalue weighted by Gasteiger charge is -2.33. The maximum Gasteiger partial charge on any atom is 0.0652 e. The molecule has 292 valence electrons. The second-order valence-corrected chi connectivity index (χ2v) is 16.3. The van der Waals surface area contributed by atoms with Crippen molar-refractivity contribution in [2.75, 3.05) is 27.8 Å². The Hall–Kier alpha value is -6.58. The van der Waals surface area contributed by atoms with E-state index in [1.165, 1.54) is 84.2 Å². The summed E-state index contributed by atoms with van der Waals surface area (Å²) in [7, 11) is 0. The Bertz CT molecular complexity index is 2630. The van der Waals surface area contributed by atoms with Crippen molar-refractivity contribution in [3.8, 4) is 11.1 Å². The second-order valence-electron chi connectivity index (χ2n) is 16.3. The van der Waals surface area contributed by atoms with Crippen LogP contribution in [0.3, 0.4) is 0 Å². The number of allylic oxidation sites excluding steroid dienone is 12. The molecule has 0 radical (unpaired) electrons. The molecule has 0 saturated carbocycles. The van der Waals surface area contributed by atoms with Gasteiger partial charge in [-0.1, -0.05) is 145 Å². The van der Waals surface area contributed by atoms with Crippen LogP contribution in [0.2, 0.25) is 0 Å². The number of anilines is 4. The molecule has 0 bridgehead atoms. The lowest BCUT2D eigenvalue weighted by Crippen LogP contribution is -2.27. The van der Waals surface area contributed by atoms with Gasteiger partial charge in [-0.3, -0.25) is 0 Å². The molecule has 3 heteroatoms. The van der Waals surface area contributed by atoms with Crippen molar-refractivity contribution in [2.45, 2.75) is 52.4 Å². The number of hydrogen-bond donors (Lipinski definition) is 0. The molecule has 0 saturated heterocycles. The summed E-state index contributed by atoms with van der Waals surface area (Å²) in [5.74, 6) is 0. The first-order valence-electron chi connectivity index (χ1n) is 21.1. The Balaban J connectivity index is 1.02. The third-order valence-corrected chi connectivity index (χ3v) is 12.5. The van der Waals surface area contributed by atoms with E-state index in [1.54, 1.807) is 0 Å². The molecular formula is C56H53N3. The van der Waals surface area contributed by atoms with E-state index in [0.29, 0.717) is 0 Å². The van der Waals surface area contributed by atoms with Crippen LogP contribution >= 0.6 is 0 Å². The maximum atomic E-state index is 2.49. The lowest BCUT2D eigenvalue weighted by molar-refractivity contribution is 0.563. The van der Waals surface area contributed by atoms with Crippen LogP contribution in [0.4, 0.5) is 22.7 Å². The molecule has 0 unspecified atom stereocenters. The van der Waals surface area contributed by atoms with Gasteiger partial charge in [0.2, 0.25) is 0 Å². The molecule has 3 nitrogen and oxygen atoms in total. The zero-order valence-corrected chi connectivity index (χ0v) is 34.8. The first-order chi connectivity index (χ1) is 28.9. The molecule has 0 atom stereocenters. The minimum Gasteiger partial charge on any atom is -0.340 e. The summed E-state index contributed by atoms with van der Waals surface area (Å²) in [5, 5.41) is 0. The summed E-state index contributed by atoms with van der Waals surface area (Å²) < 4.78 is 0. The SMILES string of the molecule is CC=CC=C(C)N1CC=CC=CCN(C(C)=CC=C(C)C=Cc2ccc3c(c2)C2(Cc4ccccc4C2)c2cc(N4C=CCc5ccccc54)ccc2-3)c2ccccc21. The predicted octanol–water partition coefficient (Wildman–Crippen LogP) is 13.7. The average molecular weight is 768 g/mol. The normalized spacial score (nSPS) is 17.2. The van der Waals surface area contributed by atoms with E-state index < -0.39 is 0 Å². The molecule has 0 N–H and O–H groups in total. The molecular weight excluding hydrogens is 715 g/mol. The number of nitrogens with zero attached hydrogens (tertiary/aromatic N) is 3. The Labute approximate surface area is 351 Å². The minimum absolute atomic E-state index is 0.0982. The van der Waals surface area contributed by atoms with E-state index in [0.717, 1.165) is 32.4 Å². The number of hydrogen-bond acceptors (Lipinski definition) is 3. The number of fused-ring (bicyclic) bond motifs is 8. The lowest BCUT2D eigenvalue weighted by atomic mass is 9.75. The van der Waals surface area contributed by atoms with Crippen molar-refractivity contribution in [2.24, 2.45) is 0 Å². The summed E-state index contributed by atoms with van der Waals surface area (Å²) in [6, 6.07) is 41.0. The van der Waals surface area contributed by atoms with Crippen molar-refractivity contribution in [1.82, 2.24) is 0 Å². The molecule has 5 aromatic carbocycles. The van der Waals surface area contributed by atoms with Crippen LogP contribution in [0, 0.1) is 0 Å². The number of para-hydroxylation sites is 3. The van der Waals surface area contributed by atoms with Crippen molar-refractivity contribution in [3.63, 3.8) is 0 Å². The molecule has 2 aliphatic carbocycles. The van der Waals surface area contributed by atoms with Gasteiger partial charge in [0.1, 0.15) is 0 Å². The number of rotatable bonds is 7. The molecule has 2 aliphatic heterocycles. The second kappa shape index (κ2) is 16.3. The summed E-state index contributed by atoms with van der Waals surface area (Å²) in [4.78, 5) is 7.18. The fourth-order valence-corrected chi connectivity index (χ4v) is 9.49. The van der Waals surface area contributed by atoms with E-state index in [2.05, 4.69) is 231 Å². The topological polar surface area (TPSA) is 9.72 Å². The van der Waals surface area contributed by atoms with Crippen molar-refractivity contribution < 1.29 is 0 Å². The van der Waals surface area contributed by atoms with Crippen molar-refractivity contribution in [3.05, 3.63) is 233 Å². The fraction of sp³-hybridized carbons (Fsp3) is 0.179. The first-order valence-corrected chi connectivity index (χ1v) is 21.1. The van der Waals surface area contributed by atoms with Gasteiger partial charge in [-0.15, -0.1) is 0 Å². The summed E-state index contributed by atoms with van der Waals surface area (Å²) in [6.45, 7) is 10.2. The molecule has 59 heavy (non-hydrogen) atoms. The van der Waals surface area contributed by atoms with Crippen LogP contribution in [-0.4, -0.2) is 13.1 Å². The van der Waals surface area contributed by atoms with Gasteiger partial charge in [0.15, 0.2) is 0 Å². The van der Waals surface area contributed by atoms with Crippen LogP contribution in [0.15, 0.2) is 199 Å². The standard InChI is InChI=1S/C56H53N3/c1-5-6-18-42(3)57-34-15-7-8-16-35-58(55-25-14-13-24-54(55)57)43(4)28-26-41(2)27-29-44-30-32-49-50-33-31-48(59-36-17-22-45-19-11-12-23-53(45)59)38-52(50)56(51(49)37-44)39-46-20-9-10-21-47(46)40-56/h5-21,23-33,36-38H,22,34-35,39-40H2,1-4H3. The fourth-order valence-electron chi connectivity index (χ4n) is 9.49. The zero-order chi connectivity index (χ0) is 40.3. The highest BCUT2D eigenvalue weighted by atomic mass is 15.2. The molecule has 2 heterocycles. The van der Waals surface area contributed by atoms with E-state index in [-0.39, 0.29) is 5.41 Å². The van der Waals surface area contributed by atoms with E-state index in [1.807, 2.05) is 0 Å². The van der Waals surface area contributed by atoms with Gasteiger partial charge in [0.05, 0.1) is 11.4 Å². The highest BCUT2D eigenvalue weighted by Crippen LogP contribution is 2.56. The Morgan fingerprint density at radius 3 is 1.86 bits per heavy atom. The van der Waals surface area contributed by atoms with E-state index in [4.69, 9.17) is 0 Å². The molecule has 4 aliphatic rings. The molecule has 0 fully saturated rings. The van der Waals surface area contributed by atoms with Gasteiger partial charge < -0.3 is 14.7 Å². The van der Waals surface area contributed by atoms with Gasteiger partial charge in [0.25, 0.3) is 0 Å². The highest BCUT2D eigenvalue weighted by molar-refractivity contribution is 5.86. The van der Waals surface area contributed by atoms with Crippen molar-refractivity contribution in [1.29, 1.82) is 0 Å². The van der Waals surface area contributed by atoms with E-state index >= 15 is 0 Å². The van der Waals surface area contributed by atoms with Gasteiger partial charge in [-0.25, -0.2) is 0 Å². The third-order valence-electron chi connectivity index (χ3n) is 12.5. The van der Waals surface area contributed by atoms with Crippen LogP contribution in [0.1, 0.15) is 61.1 Å². The van der Waals surface area contributed by atoms with Gasteiger partial charge in [-0.2, -0.15) is 0 Å². The van der Waals surface area contributed by atoms with Gasteiger partial charge in [0, 0.05) is 47.5 Å². The molecule has 0 aromatic heterocycles. The van der Waals surface area contributed by atoms with Crippen LogP contribution in [0.5, 0.6) is 0 Å². The minimum atomic E-state index is -0.0982.